The Morgan fingerprint density at radius 1 is 1.67 bits per heavy atom. The molecule has 0 amide bonds. The second-order valence-corrected chi connectivity index (χ2v) is 3.28. The average molecular weight is 135 g/mol. The van der Waals surface area contributed by atoms with Crippen molar-refractivity contribution in [3.8, 4) is 0 Å². The van der Waals surface area contributed by atoms with Gasteiger partial charge in [-0.15, -0.1) is 0 Å². The van der Waals surface area contributed by atoms with E-state index in [2.05, 4.69) is 30.6 Å². The van der Waals surface area contributed by atoms with Crippen LogP contribution in [0, 0.1) is 11.3 Å². The normalized spacial score (nSPS) is 30.1. The van der Waals surface area contributed by atoms with E-state index in [9.17, 15) is 0 Å². The Morgan fingerprint density at radius 3 is 3.33 bits per heavy atom. The quantitative estimate of drug-likeness (QED) is 0.492. The van der Waals surface area contributed by atoms with Gasteiger partial charge in [0.2, 0.25) is 0 Å². The Morgan fingerprint density at radius 2 is 2.56 bits per heavy atom. The fraction of sp³-hybridized carbons (Fsp3) is 0.250. The maximum Gasteiger partial charge on any atom is 0.0282 e. The highest BCUT2D eigenvalue weighted by Gasteiger charge is 2.18. The second kappa shape index (κ2) is 1.77. The number of hydrogen-bond donors (Lipinski definition) is 0. The molecule has 0 spiro atoms. The van der Waals surface area contributed by atoms with Crippen molar-refractivity contribution in [2.75, 3.05) is 0 Å². The van der Waals surface area contributed by atoms with Crippen LogP contribution < -0.4 is 0 Å². The Balaban J connectivity index is 2.37. The molecule has 1 aliphatic carbocycles. The van der Waals surface area contributed by atoms with Gasteiger partial charge in [-0.05, 0) is 13.0 Å². The monoisotopic (exact) mass is 135 g/mol. The molecule has 2 rings (SSSR count). The van der Waals surface area contributed by atoms with Crippen molar-refractivity contribution in [1.82, 2.24) is 0 Å². The Hall–Kier alpha value is -0.430. The highest BCUT2D eigenvalue weighted by molar-refractivity contribution is 8.04. The minimum atomic E-state index is 0.579. The summed E-state index contributed by atoms with van der Waals surface area (Å²) in [6.45, 7) is 2.14. The summed E-state index contributed by atoms with van der Waals surface area (Å²) >= 11 is 1.72. The molecule has 0 aromatic heterocycles. The second-order valence-electron chi connectivity index (χ2n) is 2.37. The topological polar surface area (TPSA) is 0 Å². The number of thioether (sulfide) groups is 1. The summed E-state index contributed by atoms with van der Waals surface area (Å²) in [4.78, 5) is 1.44. The van der Waals surface area contributed by atoms with E-state index in [1.54, 1.807) is 11.8 Å². The molecule has 45 valence electrons. The Labute approximate surface area is 59.3 Å². The maximum atomic E-state index is 3.12. The zero-order chi connectivity index (χ0) is 6.27. The van der Waals surface area contributed by atoms with Crippen molar-refractivity contribution >= 4 is 11.8 Å². The van der Waals surface area contributed by atoms with Gasteiger partial charge in [0, 0.05) is 16.2 Å². The molecule has 0 aromatic rings. The van der Waals surface area contributed by atoms with Gasteiger partial charge in [-0.2, -0.15) is 0 Å². The lowest BCUT2D eigenvalue weighted by molar-refractivity contribution is 1.08. The SMILES string of the molecule is CC1=C[C@@H]2C=[C]SC2=C1. The van der Waals surface area contributed by atoms with Crippen LogP contribution in [-0.4, -0.2) is 0 Å². The number of rotatable bonds is 0. The van der Waals surface area contributed by atoms with Crippen molar-refractivity contribution in [2.45, 2.75) is 6.92 Å². The molecule has 0 N–H and O–H groups in total. The molecule has 0 bridgehead atoms. The van der Waals surface area contributed by atoms with Crippen molar-refractivity contribution in [3.63, 3.8) is 0 Å². The van der Waals surface area contributed by atoms with Crippen molar-refractivity contribution < 1.29 is 0 Å². The van der Waals surface area contributed by atoms with Gasteiger partial charge in [0.1, 0.15) is 0 Å². The summed E-state index contributed by atoms with van der Waals surface area (Å²) in [5.41, 5.74) is 1.39. The molecule has 0 unspecified atom stereocenters. The van der Waals surface area contributed by atoms with Crippen LogP contribution in [0.1, 0.15) is 6.92 Å². The molecule has 1 atom stereocenters. The van der Waals surface area contributed by atoms with Gasteiger partial charge >= 0.3 is 0 Å². The van der Waals surface area contributed by atoms with E-state index in [1.807, 2.05) is 0 Å². The van der Waals surface area contributed by atoms with Crippen LogP contribution in [0.4, 0.5) is 0 Å². The lowest BCUT2D eigenvalue weighted by atomic mass is 10.2. The molecular weight excluding hydrogens is 128 g/mol. The molecule has 0 nitrogen and oxygen atoms in total. The van der Waals surface area contributed by atoms with Gasteiger partial charge in [-0.1, -0.05) is 29.5 Å². The highest BCUT2D eigenvalue weighted by Crippen LogP contribution is 2.39. The van der Waals surface area contributed by atoms with Crippen LogP contribution in [0.5, 0.6) is 0 Å². The molecular formula is C8H7S. The van der Waals surface area contributed by atoms with Crippen LogP contribution in [0.2, 0.25) is 0 Å². The lowest BCUT2D eigenvalue weighted by Crippen LogP contribution is -1.80. The summed E-state index contributed by atoms with van der Waals surface area (Å²) in [6, 6.07) is 0. The predicted molar refractivity (Wildman–Crippen MR) is 40.7 cm³/mol. The van der Waals surface area contributed by atoms with E-state index in [-0.39, 0.29) is 0 Å². The maximum absolute atomic E-state index is 3.12. The van der Waals surface area contributed by atoms with Gasteiger partial charge in [0.15, 0.2) is 0 Å². The molecule has 2 aliphatic rings. The van der Waals surface area contributed by atoms with Crippen molar-refractivity contribution in [3.05, 3.63) is 34.1 Å². The fourth-order valence-corrected chi connectivity index (χ4v) is 2.00. The molecule has 0 saturated heterocycles. The largest absolute Gasteiger partial charge is 0.0927 e. The Kier molecular flexibility index (Phi) is 1.06. The first kappa shape index (κ1) is 5.36. The zero-order valence-electron chi connectivity index (χ0n) is 5.22. The van der Waals surface area contributed by atoms with Crippen LogP contribution in [0.15, 0.2) is 28.7 Å². The lowest BCUT2D eigenvalue weighted by Gasteiger charge is -1.94. The third-order valence-corrected chi connectivity index (χ3v) is 2.44. The molecule has 1 heterocycles. The van der Waals surface area contributed by atoms with Crippen molar-refractivity contribution in [2.24, 2.45) is 5.92 Å². The van der Waals surface area contributed by atoms with Gasteiger partial charge in [-0.3, -0.25) is 0 Å². The van der Waals surface area contributed by atoms with E-state index in [1.165, 1.54) is 10.5 Å². The van der Waals surface area contributed by atoms with Crippen LogP contribution in [0.25, 0.3) is 0 Å². The molecule has 9 heavy (non-hydrogen) atoms. The van der Waals surface area contributed by atoms with Gasteiger partial charge < -0.3 is 0 Å². The minimum absolute atomic E-state index is 0.579. The number of allylic oxidation sites excluding steroid dienone is 5. The van der Waals surface area contributed by atoms with Crippen LogP contribution in [0.3, 0.4) is 0 Å². The smallest absolute Gasteiger partial charge is 0.0282 e. The van der Waals surface area contributed by atoms with Crippen LogP contribution >= 0.6 is 11.8 Å². The molecule has 0 fully saturated rings. The van der Waals surface area contributed by atoms with Gasteiger partial charge in [0.25, 0.3) is 0 Å². The third-order valence-electron chi connectivity index (χ3n) is 1.57. The Bertz CT molecular complexity index is 221. The van der Waals surface area contributed by atoms with Gasteiger partial charge in [-0.25, -0.2) is 0 Å². The van der Waals surface area contributed by atoms with E-state index in [4.69, 9.17) is 0 Å². The first-order valence-corrected chi connectivity index (χ1v) is 3.83. The van der Waals surface area contributed by atoms with E-state index < -0.39 is 0 Å². The highest BCUT2D eigenvalue weighted by atomic mass is 32.2. The first-order valence-electron chi connectivity index (χ1n) is 3.02. The van der Waals surface area contributed by atoms with E-state index in [0.717, 1.165) is 0 Å². The summed E-state index contributed by atoms with van der Waals surface area (Å²) in [5, 5.41) is 3.12. The first-order chi connectivity index (χ1) is 4.36. The zero-order valence-corrected chi connectivity index (χ0v) is 6.03. The third kappa shape index (κ3) is 0.761. The summed E-state index contributed by atoms with van der Waals surface area (Å²) in [5.74, 6) is 0.579. The minimum Gasteiger partial charge on any atom is -0.0927 e. The molecule has 0 saturated carbocycles. The summed E-state index contributed by atoms with van der Waals surface area (Å²) < 4.78 is 0. The fourth-order valence-electron chi connectivity index (χ4n) is 1.14. The summed E-state index contributed by atoms with van der Waals surface area (Å²) in [6.07, 6.45) is 6.61. The standard InChI is InChI=1S/C8H7S/c1-6-4-7-2-3-9-8(7)5-6/h2,4-5,7H,1H3/t7-/m0/s1. The predicted octanol–water partition coefficient (Wildman–Crippen LogP) is 2.51. The molecule has 1 aliphatic heterocycles. The number of hydrogen-bond acceptors (Lipinski definition) is 1. The van der Waals surface area contributed by atoms with Gasteiger partial charge in [0.05, 0.1) is 0 Å². The van der Waals surface area contributed by atoms with Crippen LogP contribution in [-0.2, 0) is 0 Å². The molecule has 1 radical (unpaired) electrons. The summed E-state index contributed by atoms with van der Waals surface area (Å²) in [7, 11) is 0. The van der Waals surface area contributed by atoms with E-state index >= 15 is 0 Å². The molecule has 0 aromatic carbocycles. The number of fused-ring (bicyclic) bond motifs is 1. The van der Waals surface area contributed by atoms with Crippen molar-refractivity contribution in [1.29, 1.82) is 0 Å². The average Bonchev–Trinajstić information content (AvgIpc) is 2.22. The van der Waals surface area contributed by atoms with E-state index in [0.29, 0.717) is 5.92 Å². The molecule has 1 heteroatoms.